The second kappa shape index (κ2) is 5.43. The first-order valence-electron chi connectivity index (χ1n) is 5.41. The van der Waals surface area contributed by atoms with Crippen LogP contribution in [0.4, 0.5) is 0 Å². The molecule has 0 aromatic rings. The summed E-state index contributed by atoms with van der Waals surface area (Å²) in [6.07, 6.45) is 1.25. The molecule has 0 saturated heterocycles. The zero-order chi connectivity index (χ0) is 10.5. The smallest absolute Gasteiger partial charge is 0.0822 e. The van der Waals surface area contributed by atoms with Crippen molar-refractivity contribution in [1.29, 1.82) is 0 Å². The van der Waals surface area contributed by atoms with Gasteiger partial charge >= 0.3 is 0 Å². The number of nitrogens with zero attached hydrogens (tertiary/aromatic N) is 1. The minimum absolute atomic E-state index is 1.20. The average molecular weight is 184 g/mol. The van der Waals surface area contributed by atoms with E-state index in [-0.39, 0.29) is 0 Å². The van der Waals surface area contributed by atoms with Gasteiger partial charge in [-0.2, -0.15) is 0 Å². The van der Waals surface area contributed by atoms with Crippen LogP contribution in [0, 0.1) is 0 Å². The van der Waals surface area contributed by atoms with E-state index in [1.165, 1.54) is 36.1 Å². The Labute approximate surface area is 84.0 Å². The van der Waals surface area contributed by atoms with Crippen molar-refractivity contribution in [3.63, 3.8) is 0 Å². The molecule has 78 valence electrons. The first-order valence-corrected chi connectivity index (χ1v) is 5.41. The molecule has 0 aliphatic rings. The van der Waals surface area contributed by atoms with E-state index in [4.69, 9.17) is 0 Å². The minimum Gasteiger partial charge on any atom is -0.326 e. The first kappa shape index (κ1) is 12.7. The Hall–Kier alpha value is -0.300. The Morgan fingerprint density at radius 2 is 1.46 bits per heavy atom. The highest BCUT2D eigenvalue weighted by Crippen LogP contribution is 2.11. The Balaban J connectivity index is 4.08. The zero-order valence-corrected chi connectivity index (χ0v) is 10.3. The average Bonchev–Trinajstić information content (AvgIpc) is 2.13. The van der Waals surface area contributed by atoms with E-state index < -0.39 is 0 Å². The van der Waals surface area contributed by atoms with Crippen molar-refractivity contribution in [3.8, 4) is 0 Å². The Morgan fingerprint density at radius 3 is 1.77 bits per heavy atom. The monoisotopic (exact) mass is 184 g/mol. The van der Waals surface area contributed by atoms with Crippen LogP contribution < -0.4 is 0 Å². The van der Waals surface area contributed by atoms with E-state index in [2.05, 4.69) is 41.7 Å². The van der Waals surface area contributed by atoms with E-state index >= 15 is 0 Å². The van der Waals surface area contributed by atoms with Gasteiger partial charge < -0.3 is 4.48 Å². The van der Waals surface area contributed by atoms with Crippen LogP contribution in [-0.2, 0) is 0 Å². The first-order chi connectivity index (χ1) is 5.95. The van der Waals surface area contributed by atoms with Crippen molar-refractivity contribution in [2.75, 3.05) is 26.7 Å². The summed E-state index contributed by atoms with van der Waals surface area (Å²) in [7, 11) is 2.35. The molecule has 0 saturated carbocycles. The fourth-order valence-corrected chi connectivity index (χ4v) is 1.23. The van der Waals surface area contributed by atoms with Crippen molar-refractivity contribution in [2.24, 2.45) is 0 Å². The molecule has 0 fully saturated rings. The maximum Gasteiger partial charge on any atom is 0.0822 e. The van der Waals surface area contributed by atoms with Gasteiger partial charge in [-0.1, -0.05) is 11.1 Å². The van der Waals surface area contributed by atoms with Crippen LogP contribution in [0.25, 0.3) is 0 Å². The normalized spacial score (nSPS) is 11.5. The Morgan fingerprint density at radius 1 is 1.00 bits per heavy atom. The van der Waals surface area contributed by atoms with Gasteiger partial charge in [-0.3, -0.25) is 0 Å². The fourth-order valence-electron chi connectivity index (χ4n) is 1.23. The SMILES string of the molecule is CC[N+](C)(CC)CCC(C)=C(C)C. The summed E-state index contributed by atoms with van der Waals surface area (Å²) in [5.74, 6) is 0. The molecule has 0 N–H and O–H groups in total. The highest BCUT2D eigenvalue weighted by atomic mass is 15.3. The van der Waals surface area contributed by atoms with Crippen LogP contribution in [0.2, 0.25) is 0 Å². The van der Waals surface area contributed by atoms with Gasteiger partial charge in [-0.25, -0.2) is 0 Å². The molecular weight excluding hydrogens is 158 g/mol. The van der Waals surface area contributed by atoms with Crippen LogP contribution in [-0.4, -0.2) is 31.2 Å². The summed E-state index contributed by atoms with van der Waals surface area (Å²) in [4.78, 5) is 0. The lowest BCUT2D eigenvalue weighted by atomic mass is 10.1. The van der Waals surface area contributed by atoms with Crippen molar-refractivity contribution in [2.45, 2.75) is 41.0 Å². The van der Waals surface area contributed by atoms with E-state index in [1.807, 2.05) is 0 Å². The van der Waals surface area contributed by atoms with Gasteiger partial charge in [0, 0.05) is 6.42 Å². The predicted molar refractivity (Wildman–Crippen MR) is 60.8 cm³/mol. The highest BCUT2D eigenvalue weighted by molar-refractivity contribution is 5.06. The second-order valence-corrected chi connectivity index (χ2v) is 4.51. The molecule has 13 heavy (non-hydrogen) atoms. The summed E-state index contributed by atoms with van der Waals surface area (Å²) < 4.78 is 1.20. The molecule has 0 amide bonds. The highest BCUT2D eigenvalue weighted by Gasteiger charge is 2.15. The van der Waals surface area contributed by atoms with Crippen molar-refractivity contribution in [1.82, 2.24) is 0 Å². The molecule has 0 unspecified atom stereocenters. The van der Waals surface area contributed by atoms with E-state index in [1.54, 1.807) is 5.57 Å². The molecule has 0 heterocycles. The number of allylic oxidation sites excluding steroid dienone is 1. The molecule has 0 aromatic carbocycles. The van der Waals surface area contributed by atoms with Crippen LogP contribution in [0.5, 0.6) is 0 Å². The van der Waals surface area contributed by atoms with Gasteiger partial charge in [0.1, 0.15) is 0 Å². The van der Waals surface area contributed by atoms with Crippen LogP contribution in [0.15, 0.2) is 11.1 Å². The lowest BCUT2D eigenvalue weighted by molar-refractivity contribution is -0.905. The van der Waals surface area contributed by atoms with Gasteiger partial charge in [0.2, 0.25) is 0 Å². The number of hydrogen-bond acceptors (Lipinski definition) is 0. The third-order valence-corrected chi connectivity index (χ3v) is 3.41. The summed E-state index contributed by atoms with van der Waals surface area (Å²) in [6.45, 7) is 15.0. The molecule has 0 rings (SSSR count). The van der Waals surface area contributed by atoms with Crippen LogP contribution in [0.1, 0.15) is 41.0 Å². The summed E-state index contributed by atoms with van der Waals surface area (Å²) >= 11 is 0. The van der Waals surface area contributed by atoms with Gasteiger partial charge in [-0.05, 0) is 34.6 Å². The van der Waals surface area contributed by atoms with E-state index in [0.717, 1.165) is 0 Å². The van der Waals surface area contributed by atoms with Gasteiger partial charge in [0.05, 0.1) is 26.7 Å². The van der Waals surface area contributed by atoms with Gasteiger partial charge in [0.15, 0.2) is 0 Å². The molecule has 0 aliphatic carbocycles. The summed E-state index contributed by atoms with van der Waals surface area (Å²) in [6, 6.07) is 0. The summed E-state index contributed by atoms with van der Waals surface area (Å²) in [5, 5.41) is 0. The molecule has 0 bridgehead atoms. The van der Waals surface area contributed by atoms with Gasteiger partial charge in [-0.15, -0.1) is 0 Å². The standard InChI is InChI=1S/C12H26N/c1-7-13(6,8-2)10-9-12(5)11(3)4/h7-10H2,1-6H3/q+1. The predicted octanol–water partition coefficient (Wildman–Crippen LogP) is 3.22. The van der Waals surface area contributed by atoms with Crippen molar-refractivity contribution in [3.05, 3.63) is 11.1 Å². The molecule has 0 aliphatic heterocycles. The van der Waals surface area contributed by atoms with Crippen LogP contribution >= 0.6 is 0 Å². The molecule has 0 spiro atoms. The third-order valence-electron chi connectivity index (χ3n) is 3.41. The van der Waals surface area contributed by atoms with Crippen LogP contribution in [0.3, 0.4) is 0 Å². The number of hydrogen-bond donors (Lipinski definition) is 0. The largest absolute Gasteiger partial charge is 0.326 e. The van der Waals surface area contributed by atoms with E-state index in [0.29, 0.717) is 0 Å². The van der Waals surface area contributed by atoms with Gasteiger partial charge in [0.25, 0.3) is 0 Å². The quantitative estimate of drug-likeness (QED) is 0.454. The maximum atomic E-state index is 2.35. The molecule has 0 radical (unpaired) electrons. The lowest BCUT2D eigenvalue weighted by Crippen LogP contribution is -2.44. The van der Waals surface area contributed by atoms with Crippen molar-refractivity contribution < 1.29 is 4.48 Å². The Kier molecular flexibility index (Phi) is 5.31. The third kappa shape index (κ3) is 4.47. The molecule has 0 atom stereocenters. The zero-order valence-electron chi connectivity index (χ0n) is 10.3. The topological polar surface area (TPSA) is 0 Å². The molecule has 1 nitrogen and oxygen atoms in total. The Bertz CT molecular complexity index is 172. The fraction of sp³-hybridized carbons (Fsp3) is 0.833. The van der Waals surface area contributed by atoms with Crippen molar-refractivity contribution >= 4 is 0 Å². The second-order valence-electron chi connectivity index (χ2n) is 4.51. The molecular formula is C12H26N+. The molecule has 0 aromatic heterocycles. The van der Waals surface area contributed by atoms with E-state index in [9.17, 15) is 0 Å². The lowest BCUT2D eigenvalue weighted by Gasteiger charge is -2.32. The minimum atomic E-state index is 1.20. The summed E-state index contributed by atoms with van der Waals surface area (Å²) in [5.41, 5.74) is 3.05. The number of quaternary nitrogens is 1. The molecule has 1 heteroatoms. The maximum absolute atomic E-state index is 2.35. The number of rotatable bonds is 5.